The number of amides is 1. The van der Waals surface area contributed by atoms with Crippen molar-refractivity contribution < 1.29 is 23.8 Å². The molecule has 33 heavy (non-hydrogen) atoms. The molecule has 9 heteroatoms. The third-order valence-electron chi connectivity index (χ3n) is 5.56. The fraction of sp³-hybridized carbons (Fsp3) is 0.208. The maximum absolute atomic E-state index is 14.3. The monoisotopic (exact) mass is 467 g/mol. The second-order valence-electron chi connectivity index (χ2n) is 7.67. The summed E-state index contributed by atoms with van der Waals surface area (Å²) in [4.78, 5) is 12.5. The van der Waals surface area contributed by atoms with Gasteiger partial charge in [-0.1, -0.05) is 24.3 Å². The number of nitrogen functional groups attached to an aromatic ring is 1. The number of hydroxylamine groups is 1. The van der Waals surface area contributed by atoms with E-state index in [9.17, 15) is 14.6 Å². The molecule has 1 amide bonds. The Labute approximate surface area is 192 Å². The maximum atomic E-state index is 14.3. The van der Waals surface area contributed by atoms with Crippen molar-refractivity contribution in [1.82, 2.24) is 10.2 Å². The van der Waals surface area contributed by atoms with Gasteiger partial charge in [-0.25, -0.2) is 10.2 Å². The van der Waals surface area contributed by atoms with Gasteiger partial charge in [0.25, 0.3) is 5.91 Å². The summed E-state index contributed by atoms with van der Waals surface area (Å²) >= 11 is 0. The van der Waals surface area contributed by atoms with E-state index in [1.807, 2.05) is 24.3 Å². The largest absolute Gasteiger partial charge is 0.457 e. The molecule has 8 nitrogen and oxygen atoms in total. The van der Waals surface area contributed by atoms with Crippen molar-refractivity contribution in [3.05, 3.63) is 83.9 Å². The molecule has 3 aromatic rings. The van der Waals surface area contributed by atoms with Gasteiger partial charge < -0.3 is 15.0 Å². The lowest BCUT2D eigenvalue weighted by Crippen LogP contribution is -2.49. The van der Waals surface area contributed by atoms with E-state index in [4.69, 9.17) is 15.0 Å². The lowest BCUT2D eigenvalue weighted by molar-refractivity contribution is -0.133. The highest BCUT2D eigenvalue weighted by atomic mass is 31.2. The molecule has 0 radical (unpaired) electrons. The van der Waals surface area contributed by atoms with E-state index < -0.39 is 19.5 Å². The van der Waals surface area contributed by atoms with Gasteiger partial charge in [0, 0.05) is 12.2 Å². The third-order valence-corrected chi connectivity index (χ3v) is 8.21. The van der Waals surface area contributed by atoms with Gasteiger partial charge in [0.2, 0.25) is 0 Å². The van der Waals surface area contributed by atoms with Crippen molar-refractivity contribution in [3.63, 3.8) is 0 Å². The van der Waals surface area contributed by atoms with Crippen LogP contribution in [0.5, 0.6) is 11.5 Å². The van der Waals surface area contributed by atoms with Crippen LogP contribution < -0.4 is 21.3 Å². The van der Waals surface area contributed by atoms with Gasteiger partial charge in [0.05, 0.1) is 11.9 Å². The average molecular weight is 467 g/mol. The Kier molecular flexibility index (Phi) is 6.81. The highest BCUT2D eigenvalue weighted by molar-refractivity contribution is 7.64. The summed E-state index contributed by atoms with van der Waals surface area (Å²) in [5.41, 5.74) is 10.00. The average Bonchev–Trinajstić information content (AvgIpc) is 2.84. The van der Waals surface area contributed by atoms with Crippen LogP contribution in [0.2, 0.25) is 0 Å². The molecule has 3 aromatic carbocycles. The van der Waals surface area contributed by atoms with Gasteiger partial charge in [-0.3, -0.25) is 14.6 Å². The number of nitrogens with one attached hydrogen (secondary N) is 1. The van der Waals surface area contributed by atoms with Crippen LogP contribution in [0, 0.1) is 0 Å². The number of hydrogen-bond acceptors (Lipinski definition) is 6. The van der Waals surface area contributed by atoms with Crippen LogP contribution in [0.4, 0.5) is 5.69 Å². The van der Waals surface area contributed by atoms with E-state index >= 15 is 0 Å². The summed E-state index contributed by atoms with van der Waals surface area (Å²) in [6.07, 6.45) is 0.304. The Bertz CT molecular complexity index is 1170. The van der Waals surface area contributed by atoms with E-state index in [2.05, 4.69) is 0 Å². The minimum atomic E-state index is -3.65. The summed E-state index contributed by atoms with van der Waals surface area (Å²) in [5, 5.41) is 9.77. The topological polar surface area (TPSA) is 114 Å². The van der Waals surface area contributed by atoms with E-state index in [1.54, 1.807) is 65.6 Å². The van der Waals surface area contributed by atoms with Crippen LogP contribution in [0.15, 0.2) is 72.8 Å². The van der Waals surface area contributed by atoms with Crippen molar-refractivity contribution in [2.45, 2.75) is 25.9 Å². The van der Waals surface area contributed by atoms with E-state index in [0.717, 1.165) is 11.1 Å². The molecule has 0 spiro atoms. The van der Waals surface area contributed by atoms with Crippen LogP contribution in [0.25, 0.3) is 0 Å². The number of carbonyl (C=O) groups is 1. The van der Waals surface area contributed by atoms with Crippen molar-refractivity contribution >= 4 is 24.4 Å². The molecule has 4 N–H and O–H groups in total. The molecule has 0 saturated heterocycles. The Balaban J connectivity index is 1.67. The lowest BCUT2D eigenvalue weighted by Gasteiger charge is -2.39. The number of anilines is 1. The molecule has 0 fully saturated rings. The number of benzene rings is 3. The summed E-state index contributed by atoms with van der Waals surface area (Å²) in [5.74, 6) is 0.546. The number of ether oxygens (including phenoxy) is 1. The zero-order chi connectivity index (χ0) is 23.4. The first-order chi connectivity index (χ1) is 15.9. The molecule has 1 heterocycles. The van der Waals surface area contributed by atoms with Gasteiger partial charge in [0.15, 0.2) is 0 Å². The fourth-order valence-corrected chi connectivity index (χ4v) is 6.30. The standard InChI is InChI=1S/C24H26N3O5P/c1-2-31-33(30,22-13-11-21(12-14-22)32-20-9-7-19(25)8-10-20)27-16-18-6-4-3-5-17(18)15-23(27)24(28)26-29/h3-14,23,29H,2,15-16,25H2,1H3,(H,26,28)/t23-,33-/m1/s1. The number of carbonyl (C=O) groups excluding carboxylic acids is 1. The highest BCUT2D eigenvalue weighted by Gasteiger charge is 2.44. The predicted octanol–water partition coefficient (Wildman–Crippen LogP) is 3.85. The molecule has 1 aliphatic heterocycles. The Hall–Kier alpha value is -3.16. The molecular weight excluding hydrogens is 441 g/mol. The van der Waals surface area contributed by atoms with Crippen molar-refractivity contribution in [1.29, 1.82) is 0 Å². The van der Waals surface area contributed by atoms with Crippen LogP contribution in [0.1, 0.15) is 18.1 Å². The number of nitrogens with zero attached hydrogens (tertiary/aromatic N) is 1. The molecule has 4 rings (SSSR count). The van der Waals surface area contributed by atoms with Crippen LogP contribution in [-0.4, -0.2) is 28.4 Å². The second-order valence-corrected chi connectivity index (χ2v) is 9.99. The molecule has 0 bridgehead atoms. The maximum Gasteiger partial charge on any atom is 0.303 e. The Morgan fingerprint density at radius 2 is 1.67 bits per heavy atom. The molecule has 0 aliphatic carbocycles. The highest BCUT2D eigenvalue weighted by Crippen LogP contribution is 2.53. The molecule has 1 aliphatic rings. The first-order valence-electron chi connectivity index (χ1n) is 10.6. The van der Waals surface area contributed by atoms with Gasteiger partial charge in [-0.05, 0) is 73.0 Å². The number of fused-ring (bicyclic) bond motifs is 1. The van der Waals surface area contributed by atoms with Crippen molar-refractivity contribution in [2.75, 3.05) is 12.3 Å². The lowest BCUT2D eigenvalue weighted by atomic mass is 9.95. The molecular formula is C24H26N3O5P. The Morgan fingerprint density at radius 3 is 2.27 bits per heavy atom. The van der Waals surface area contributed by atoms with Gasteiger partial charge in [0.1, 0.15) is 17.5 Å². The summed E-state index contributed by atoms with van der Waals surface area (Å²) in [6, 6.07) is 20.6. The van der Waals surface area contributed by atoms with Crippen LogP contribution >= 0.6 is 7.52 Å². The van der Waals surface area contributed by atoms with E-state index in [0.29, 0.717) is 28.9 Å². The van der Waals surface area contributed by atoms with Gasteiger partial charge in [-0.15, -0.1) is 0 Å². The molecule has 0 saturated carbocycles. The molecule has 172 valence electrons. The Morgan fingerprint density at radius 1 is 1.06 bits per heavy atom. The zero-order valence-corrected chi connectivity index (χ0v) is 19.1. The summed E-state index contributed by atoms with van der Waals surface area (Å²) < 4.78 is 27.5. The summed E-state index contributed by atoms with van der Waals surface area (Å²) in [7, 11) is -3.65. The van der Waals surface area contributed by atoms with Gasteiger partial charge in [-0.2, -0.15) is 0 Å². The number of rotatable bonds is 7. The SMILES string of the molecule is CCO[P@](=O)(c1ccc(Oc2ccc(N)cc2)cc1)N1Cc2ccccc2C[C@@H]1C(=O)NO. The van der Waals surface area contributed by atoms with Gasteiger partial charge >= 0.3 is 7.52 Å². The van der Waals surface area contributed by atoms with Crippen LogP contribution in [0.3, 0.4) is 0 Å². The van der Waals surface area contributed by atoms with Crippen LogP contribution in [-0.2, 0) is 26.8 Å². The second kappa shape index (κ2) is 9.77. The first kappa shape index (κ1) is 23.0. The van der Waals surface area contributed by atoms with E-state index in [-0.39, 0.29) is 13.2 Å². The number of hydrogen-bond donors (Lipinski definition) is 3. The number of nitrogens with two attached hydrogens (primary N) is 1. The van der Waals surface area contributed by atoms with Crippen molar-refractivity contribution in [2.24, 2.45) is 0 Å². The fourth-order valence-electron chi connectivity index (χ4n) is 3.93. The molecule has 2 atom stereocenters. The summed E-state index contributed by atoms with van der Waals surface area (Å²) in [6.45, 7) is 2.19. The minimum Gasteiger partial charge on any atom is -0.457 e. The molecule has 0 unspecified atom stereocenters. The smallest absolute Gasteiger partial charge is 0.303 e. The minimum absolute atomic E-state index is 0.187. The van der Waals surface area contributed by atoms with E-state index in [1.165, 1.54) is 0 Å². The first-order valence-corrected chi connectivity index (χ1v) is 12.2. The predicted molar refractivity (Wildman–Crippen MR) is 126 cm³/mol. The normalized spacial score (nSPS) is 17.6. The third kappa shape index (κ3) is 4.79. The molecule has 0 aromatic heterocycles. The quantitative estimate of drug-likeness (QED) is 0.209. The zero-order valence-electron chi connectivity index (χ0n) is 18.2. The van der Waals surface area contributed by atoms with Crippen molar-refractivity contribution in [3.8, 4) is 11.5 Å².